The normalized spacial score (nSPS) is 8.31. The van der Waals surface area contributed by atoms with Gasteiger partial charge in [0, 0.05) is 0 Å². The van der Waals surface area contributed by atoms with E-state index in [4.69, 9.17) is 0 Å². The Morgan fingerprint density at radius 3 is 0.308 bits per heavy atom. The Morgan fingerprint density at radius 2 is 0.308 bits per heavy atom. The molecule has 0 saturated heterocycles. The molecule has 0 radical (unpaired) electrons. The van der Waals surface area contributed by atoms with Gasteiger partial charge in [-0.25, -0.2) is 0 Å². The van der Waals surface area contributed by atoms with Crippen molar-refractivity contribution in [3.63, 3.8) is 0 Å². The number of rotatable bonds is 0. The zero-order valence-corrected chi connectivity index (χ0v) is 23.8. The third-order valence-electron chi connectivity index (χ3n) is 0. The molecule has 0 aromatic carbocycles. The summed E-state index contributed by atoms with van der Waals surface area (Å²) in [6.07, 6.45) is -2.50. The largest absolute Gasteiger partial charge is 4.00 e. The van der Waals surface area contributed by atoms with Gasteiger partial charge in [-0.2, -0.15) is 0 Å². The van der Waals surface area contributed by atoms with Crippen LogP contribution in [0.15, 0.2) is 0 Å². The van der Waals surface area contributed by atoms with Gasteiger partial charge in [-0.05, 0) is 0 Å². The van der Waals surface area contributed by atoms with Crippen molar-refractivity contribution < 1.29 is 56.8 Å². The maximum atomic E-state index is 9.53. The second kappa shape index (κ2) is 45.6. The van der Waals surface area contributed by atoms with E-state index < -0.39 is 36.6 Å². The summed E-state index contributed by atoms with van der Waals surface area (Å²) >= 11 is 0. The van der Waals surface area contributed by atoms with Crippen LogP contribution in [0.5, 0.6) is 0 Å². The van der Waals surface area contributed by atoms with E-state index in [1.165, 1.54) is 0 Å². The van der Waals surface area contributed by atoms with E-state index in [0.29, 0.717) is 0 Å². The van der Waals surface area contributed by atoms with E-state index in [0.717, 1.165) is 0 Å². The molecule has 0 rings (SSSR count). The molecule has 6 nitrogen and oxygen atoms in total. The van der Waals surface area contributed by atoms with Crippen molar-refractivity contribution in [1.29, 1.82) is 0 Å². The Bertz CT molecular complexity index is 107. The van der Waals surface area contributed by atoms with Crippen molar-refractivity contribution in [2.24, 2.45) is 0 Å². The maximum absolute atomic E-state index is 9.53. The molecule has 0 spiro atoms. The van der Waals surface area contributed by atoms with Gasteiger partial charge in [-0.15, -0.1) is 36.6 Å². The van der Waals surface area contributed by atoms with E-state index in [1.54, 1.807) is 83.1 Å². The molecule has 0 bridgehead atoms. The van der Waals surface area contributed by atoms with Gasteiger partial charge in [0.25, 0.3) is 0 Å². The first-order valence-electron chi connectivity index (χ1n) is 8.34. The maximum Gasteiger partial charge on any atom is 4.00 e. The molecule has 0 aromatic heterocycles. The van der Waals surface area contributed by atoms with Gasteiger partial charge in [0.1, 0.15) is 0 Å². The molecule has 0 fully saturated rings. The molecule has 0 N–H and O–H groups in total. The smallest absolute Gasteiger partial charge is 0.852 e. The van der Waals surface area contributed by atoms with E-state index in [-0.39, 0.29) is 63.9 Å². The molecule has 0 unspecified atom stereocenters. The van der Waals surface area contributed by atoms with Gasteiger partial charge in [-0.3, -0.25) is 0 Å². The summed E-state index contributed by atoms with van der Waals surface area (Å²) in [6.45, 7) is 19.3. The summed E-state index contributed by atoms with van der Waals surface area (Å²) in [5.41, 5.74) is 0. The summed E-state index contributed by atoms with van der Waals surface area (Å²) in [6, 6.07) is 0. The topological polar surface area (TPSA) is 138 Å². The molecule has 0 atom stereocenters. The Balaban J connectivity index is -0.0000000245. The van der Waals surface area contributed by atoms with Crippen LogP contribution in [0.1, 0.15) is 83.1 Å². The van der Waals surface area contributed by atoms with Crippen LogP contribution in [0.3, 0.4) is 0 Å². The Kier molecular flexibility index (Phi) is 89.4. The molecular formula is C18H42CaO6Zr. The fourth-order valence-corrected chi connectivity index (χ4v) is 0. The minimum Gasteiger partial charge on any atom is -0.852 e. The first-order valence-corrected chi connectivity index (χ1v) is 8.34. The molecule has 0 aromatic rings. The van der Waals surface area contributed by atoms with Crippen LogP contribution < -0.4 is 30.6 Å². The molecule has 156 valence electrons. The van der Waals surface area contributed by atoms with Crippen molar-refractivity contribution in [2.45, 2.75) is 120 Å². The third kappa shape index (κ3) is 4440. The van der Waals surface area contributed by atoms with Crippen LogP contribution in [-0.2, 0) is 26.2 Å². The molecule has 0 aliphatic carbocycles. The predicted molar refractivity (Wildman–Crippen MR) is 96.6 cm³/mol. The van der Waals surface area contributed by atoms with Crippen LogP contribution >= 0.6 is 0 Å². The fraction of sp³-hybridized carbons (Fsp3) is 1.00. The monoisotopic (exact) mass is 484 g/mol. The molecule has 0 amide bonds. The summed E-state index contributed by atoms with van der Waals surface area (Å²) < 4.78 is 0. The zero-order valence-electron chi connectivity index (χ0n) is 19.1. The molecular weight excluding hydrogens is 443 g/mol. The van der Waals surface area contributed by atoms with Crippen molar-refractivity contribution >= 4 is 37.7 Å². The molecule has 26 heavy (non-hydrogen) atoms. The molecule has 0 heterocycles. The third-order valence-corrected chi connectivity index (χ3v) is 0. The number of hydrogen-bond donors (Lipinski definition) is 0. The van der Waals surface area contributed by atoms with E-state index >= 15 is 0 Å². The summed E-state index contributed by atoms with van der Waals surface area (Å²) in [4.78, 5) is 0. The second-order valence-corrected chi connectivity index (χ2v) is 6.29. The summed E-state index contributed by atoms with van der Waals surface area (Å²) in [5, 5.41) is 57.2. The van der Waals surface area contributed by atoms with Crippen LogP contribution in [0.4, 0.5) is 0 Å². The molecule has 8 heteroatoms. The first kappa shape index (κ1) is 51.0. The van der Waals surface area contributed by atoms with Gasteiger partial charge in [-0.1, -0.05) is 83.1 Å². The van der Waals surface area contributed by atoms with Gasteiger partial charge in [0.15, 0.2) is 0 Å². The quantitative estimate of drug-likeness (QED) is 0.369. The summed E-state index contributed by atoms with van der Waals surface area (Å²) in [7, 11) is 0. The van der Waals surface area contributed by atoms with Crippen molar-refractivity contribution in [1.82, 2.24) is 0 Å². The number of hydrogen-bond acceptors (Lipinski definition) is 6. The predicted octanol–water partition coefficient (Wildman–Crippen LogP) is -1.85. The van der Waals surface area contributed by atoms with Crippen molar-refractivity contribution in [3.8, 4) is 0 Å². The van der Waals surface area contributed by atoms with Gasteiger partial charge >= 0.3 is 63.9 Å². The Morgan fingerprint density at radius 1 is 0.308 bits per heavy atom. The summed E-state index contributed by atoms with van der Waals surface area (Å²) in [5.74, 6) is 0. The average Bonchev–Trinajstić information content (AvgIpc) is 2.08. The van der Waals surface area contributed by atoms with Crippen molar-refractivity contribution in [2.75, 3.05) is 0 Å². The second-order valence-electron chi connectivity index (χ2n) is 6.29. The van der Waals surface area contributed by atoms with E-state index in [1.807, 2.05) is 0 Å². The average molecular weight is 486 g/mol. The van der Waals surface area contributed by atoms with E-state index in [2.05, 4.69) is 0 Å². The zero-order chi connectivity index (χ0) is 21.5. The van der Waals surface area contributed by atoms with Gasteiger partial charge in [0.05, 0.1) is 0 Å². The Labute approximate surface area is 212 Å². The van der Waals surface area contributed by atoms with Gasteiger partial charge < -0.3 is 30.6 Å². The fourth-order valence-electron chi connectivity index (χ4n) is 0. The van der Waals surface area contributed by atoms with Crippen LogP contribution in [0.2, 0.25) is 0 Å². The first-order chi connectivity index (χ1) is 10.4. The molecule has 0 saturated carbocycles. The van der Waals surface area contributed by atoms with Crippen LogP contribution in [-0.4, -0.2) is 74.4 Å². The molecule has 0 aliphatic heterocycles. The van der Waals surface area contributed by atoms with E-state index in [9.17, 15) is 30.6 Å². The minimum atomic E-state index is -0.417. The van der Waals surface area contributed by atoms with Crippen molar-refractivity contribution in [3.05, 3.63) is 0 Å². The van der Waals surface area contributed by atoms with Crippen LogP contribution in [0.25, 0.3) is 0 Å². The molecule has 0 aliphatic rings. The standard InChI is InChI=1S/6C3H7O.Ca.Zr/c6*1-3(2)4;;/h6*3H,1-2H3;;/q6*-1;+2;+4. The SMILES string of the molecule is CC(C)[O-].CC(C)[O-].CC(C)[O-].CC(C)[O-].CC(C)[O-].CC(C)[O-].[Ca+2].[Zr+4]. The van der Waals surface area contributed by atoms with Crippen LogP contribution in [0, 0.1) is 0 Å². The minimum absolute atomic E-state index is 0. The Hall–Kier alpha value is 1.90. The van der Waals surface area contributed by atoms with Gasteiger partial charge in [0.2, 0.25) is 0 Å².